The number of anilines is 1. The Morgan fingerprint density at radius 1 is 0.964 bits per heavy atom. The minimum atomic E-state index is 0. The molecule has 0 aromatic heterocycles. The molecule has 0 unspecified atom stereocenters. The molecule has 0 bridgehead atoms. The van der Waals surface area contributed by atoms with Gasteiger partial charge < -0.3 is 15.1 Å². The summed E-state index contributed by atoms with van der Waals surface area (Å²) >= 11 is 0. The number of halogens is 2. The lowest BCUT2D eigenvalue weighted by molar-refractivity contribution is -0.132. The lowest BCUT2D eigenvalue weighted by Crippen LogP contribution is -2.41. The molecule has 0 spiro atoms. The maximum atomic E-state index is 12.6. The highest BCUT2D eigenvalue weighted by Gasteiger charge is 2.27. The standard InChI is InChI=1S/C22H33N3O.2ClH/c26-22(6-5-18-7-12-23-13-8-18)24-14-9-19(10-15-24)17-25-16-11-20-3-1-2-4-21(20)25;;/h1-4,18-19,23H,5-17H2;2*1H. The summed E-state index contributed by atoms with van der Waals surface area (Å²) in [6, 6.07) is 8.83. The van der Waals surface area contributed by atoms with Crippen LogP contribution < -0.4 is 10.2 Å². The van der Waals surface area contributed by atoms with Crippen molar-refractivity contribution in [1.29, 1.82) is 0 Å². The number of nitrogens with one attached hydrogen (secondary N) is 1. The number of hydrogen-bond donors (Lipinski definition) is 1. The highest BCUT2D eigenvalue weighted by molar-refractivity contribution is 5.85. The Balaban J connectivity index is 0.00000140. The number of hydrogen-bond acceptors (Lipinski definition) is 3. The van der Waals surface area contributed by atoms with Crippen LogP contribution >= 0.6 is 24.8 Å². The molecule has 2 saturated heterocycles. The molecule has 2 fully saturated rings. The smallest absolute Gasteiger partial charge is 0.222 e. The Labute approximate surface area is 182 Å². The third-order valence-corrected chi connectivity index (χ3v) is 6.65. The number of carbonyl (C=O) groups is 1. The summed E-state index contributed by atoms with van der Waals surface area (Å²) in [7, 11) is 0. The van der Waals surface area contributed by atoms with E-state index >= 15 is 0 Å². The number of rotatable bonds is 5. The first-order valence-corrected chi connectivity index (χ1v) is 10.6. The number of nitrogens with zero attached hydrogens (tertiary/aromatic N) is 2. The van der Waals surface area contributed by atoms with Crippen molar-refractivity contribution in [2.75, 3.05) is 44.2 Å². The zero-order valence-electron chi connectivity index (χ0n) is 16.8. The minimum Gasteiger partial charge on any atom is -0.371 e. The van der Waals surface area contributed by atoms with Crippen LogP contribution in [0.2, 0.25) is 0 Å². The Morgan fingerprint density at radius 2 is 1.68 bits per heavy atom. The first kappa shape index (κ1) is 23.3. The van der Waals surface area contributed by atoms with Gasteiger partial charge in [0.1, 0.15) is 0 Å². The van der Waals surface area contributed by atoms with Gasteiger partial charge in [-0.25, -0.2) is 0 Å². The van der Waals surface area contributed by atoms with Crippen molar-refractivity contribution < 1.29 is 4.79 Å². The molecular formula is C22H35Cl2N3O. The van der Waals surface area contributed by atoms with E-state index in [1.54, 1.807) is 0 Å². The quantitative estimate of drug-likeness (QED) is 0.773. The molecule has 1 N–H and O–H groups in total. The van der Waals surface area contributed by atoms with Gasteiger partial charge in [-0.3, -0.25) is 4.79 Å². The molecule has 28 heavy (non-hydrogen) atoms. The predicted molar refractivity (Wildman–Crippen MR) is 121 cm³/mol. The molecular weight excluding hydrogens is 393 g/mol. The summed E-state index contributed by atoms with van der Waals surface area (Å²) in [5, 5.41) is 3.41. The molecule has 4 nitrogen and oxygen atoms in total. The summed E-state index contributed by atoms with van der Waals surface area (Å²) in [4.78, 5) is 17.3. The van der Waals surface area contributed by atoms with Crippen molar-refractivity contribution in [3.63, 3.8) is 0 Å². The van der Waals surface area contributed by atoms with Crippen molar-refractivity contribution >= 4 is 36.4 Å². The fraction of sp³-hybridized carbons (Fsp3) is 0.682. The van der Waals surface area contributed by atoms with E-state index in [1.807, 2.05) is 0 Å². The molecule has 1 aromatic rings. The Morgan fingerprint density at radius 3 is 2.43 bits per heavy atom. The monoisotopic (exact) mass is 427 g/mol. The van der Waals surface area contributed by atoms with Crippen LogP contribution in [-0.2, 0) is 11.2 Å². The average molecular weight is 428 g/mol. The lowest BCUT2D eigenvalue weighted by Gasteiger charge is -2.35. The van der Waals surface area contributed by atoms with Crippen molar-refractivity contribution in [1.82, 2.24) is 10.2 Å². The van der Waals surface area contributed by atoms with Crippen LogP contribution in [0.5, 0.6) is 0 Å². The number of piperidine rings is 2. The van der Waals surface area contributed by atoms with Crippen LogP contribution in [0.3, 0.4) is 0 Å². The van der Waals surface area contributed by atoms with E-state index in [-0.39, 0.29) is 24.8 Å². The predicted octanol–water partition coefficient (Wildman–Crippen LogP) is 3.91. The number of benzene rings is 1. The molecule has 6 heteroatoms. The number of amides is 1. The number of para-hydroxylation sites is 1. The van der Waals surface area contributed by atoms with Crippen LogP contribution in [0.25, 0.3) is 0 Å². The van der Waals surface area contributed by atoms with Gasteiger partial charge in [0.05, 0.1) is 0 Å². The van der Waals surface area contributed by atoms with Gasteiger partial charge in [-0.1, -0.05) is 18.2 Å². The van der Waals surface area contributed by atoms with Gasteiger partial charge in [-0.15, -0.1) is 24.8 Å². The summed E-state index contributed by atoms with van der Waals surface area (Å²) in [6.07, 6.45) is 7.85. The maximum Gasteiger partial charge on any atom is 0.222 e. The van der Waals surface area contributed by atoms with Gasteiger partial charge in [0.25, 0.3) is 0 Å². The second-order valence-corrected chi connectivity index (χ2v) is 8.38. The number of likely N-dealkylation sites (tertiary alicyclic amines) is 1. The molecule has 4 rings (SSSR count). The van der Waals surface area contributed by atoms with Gasteiger partial charge in [0.2, 0.25) is 5.91 Å². The fourth-order valence-corrected chi connectivity index (χ4v) is 4.93. The second kappa shape index (κ2) is 11.3. The van der Waals surface area contributed by atoms with E-state index < -0.39 is 0 Å². The highest BCUT2D eigenvalue weighted by Crippen LogP contribution is 2.30. The molecule has 158 valence electrons. The maximum absolute atomic E-state index is 12.6. The van der Waals surface area contributed by atoms with Gasteiger partial charge in [0.15, 0.2) is 0 Å². The first-order valence-electron chi connectivity index (χ1n) is 10.6. The van der Waals surface area contributed by atoms with Crippen LogP contribution in [0.4, 0.5) is 5.69 Å². The molecule has 3 aliphatic heterocycles. The molecule has 0 aliphatic carbocycles. The molecule has 3 aliphatic rings. The van der Waals surface area contributed by atoms with Crippen molar-refractivity contribution in [3.8, 4) is 0 Å². The largest absolute Gasteiger partial charge is 0.371 e. The lowest BCUT2D eigenvalue weighted by atomic mass is 9.92. The minimum absolute atomic E-state index is 0. The SMILES string of the molecule is Cl.Cl.O=C(CCC1CCNCC1)N1CCC(CN2CCc3ccccc32)CC1. The topological polar surface area (TPSA) is 35.6 Å². The van der Waals surface area contributed by atoms with Crippen LogP contribution in [0.1, 0.15) is 44.1 Å². The van der Waals surface area contributed by atoms with E-state index in [0.717, 1.165) is 76.8 Å². The molecule has 1 amide bonds. The van der Waals surface area contributed by atoms with Crippen LogP contribution in [0.15, 0.2) is 24.3 Å². The number of fused-ring (bicyclic) bond motifs is 1. The Kier molecular flexibility index (Phi) is 9.39. The third kappa shape index (κ3) is 5.77. The van der Waals surface area contributed by atoms with Crippen LogP contribution in [-0.4, -0.2) is 50.1 Å². The first-order chi connectivity index (χ1) is 12.8. The van der Waals surface area contributed by atoms with Gasteiger partial charge in [0, 0.05) is 38.3 Å². The van der Waals surface area contributed by atoms with Crippen molar-refractivity contribution in [2.45, 2.75) is 44.9 Å². The highest BCUT2D eigenvalue weighted by atomic mass is 35.5. The Bertz CT molecular complexity index is 614. The van der Waals surface area contributed by atoms with Gasteiger partial charge >= 0.3 is 0 Å². The second-order valence-electron chi connectivity index (χ2n) is 8.38. The molecule has 0 atom stereocenters. The summed E-state index contributed by atoms with van der Waals surface area (Å²) in [6.45, 7) is 6.51. The Hall–Kier alpha value is -0.970. The van der Waals surface area contributed by atoms with E-state index in [1.165, 1.54) is 30.5 Å². The van der Waals surface area contributed by atoms with E-state index in [2.05, 4.69) is 39.4 Å². The van der Waals surface area contributed by atoms with E-state index in [0.29, 0.717) is 5.91 Å². The normalized spacial score (nSPS) is 20.3. The summed E-state index contributed by atoms with van der Waals surface area (Å²) in [5.41, 5.74) is 2.94. The van der Waals surface area contributed by atoms with Crippen molar-refractivity contribution in [2.24, 2.45) is 11.8 Å². The fourth-order valence-electron chi connectivity index (χ4n) is 4.93. The third-order valence-electron chi connectivity index (χ3n) is 6.65. The van der Waals surface area contributed by atoms with E-state index in [9.17, 15) is 4.79 Å². The number of carbonyl (C=O) groups excluding carboxylic acids is 1. The molecule has 1 aromatic carbocycles. The summed E-state index contributed by atoms with van der Waals surface area (Å²) < 4.78 is 0. The average Bonchev–Trinajstić information content (AvgIpc) is 3.10. The summed E-state index contributed by atoms with van der Waals surface area (Å²) in [5.74, 6) is 1.89. The van der Waals surface area contributed by atoms with Crippen molar-refractivity contribution in [3.05, 3.63) is 29.8 Å². The molecule has 0 saturated carbocycles. The van der Waals surface area contributed by atoms with E-state index in [4.69, 9.17) is 0 Å². The zero-order chi connectivity index (χ0) is 17.8. The molecule has 0 radical (unpaired) electrons. The van der Waals surface area contributed by atoms with Crippen LogP contribution in [0, 0.1) is 11.8 Å². The zero-order valence-corrected chi connectivity index (χ0v) is 18.4. The van der Waals surface area contributed by atoms with Gasteiger partial charge in [-0.2, -0.15) is 0 Å². The van der Waals surface area contributed by atoms with Gasteiger partial charge in [-0.05, 0) is 75.1 Å². The molecule has 3 heterocycles.